The third-order valence-corrected chi connectivity index (χ3v) is 5.63. The molecule has 0 spiro atoms. The number of hydrogen-bond acceptors (Lipinski definition) is 5. The number of ether oxygens (including phenoxy) is 2. The van der Waals surface area contributed by atoms with Crippen molar-refractivity contribution in [3.8, 4) is 5.88 Å². The van der Waals surface area contributed by atoms with Crippen LogP contribution in [0.1, 0.15) is 33.1 Å². The highest BCUT2D eigenvalue weighted by atomic mass is 19.3. The van der Waals surface area contributed by atoms with Gasteiger partial charge in [0.1, 0.15) is 17.4 Å². The van der Waals surface area contributed by atoms with Crippen molar-refractivity contribution >= 4 is 16.9 Å². The highest BCUT2D eigenvalue weighted by molar-refractivity contribution is 5.82. The van der Waals surface area contributed by atoms with E-state index in [1.807, 2.05) is 6.92 Å². The van der Waals surface area contributed by atoms with Gasteiger partial charge in [0.2, 0.25) is 11.8 Å². The number of hydrogen-bond donors (Lipinski definition) is 1. The zero-order chi connectivity index (χ0) is 21.5. The van der Waals surface area contributed by atoms with E-state index in [1.54, 1.807) is 0 Å². The first-order valence-corrected chi connectivity index (χ1v) is 10.1. The predicted molar refractivity (Wildman–Crippen MR) is 102 cm³/mol. The Hall–Kier alpha value is -2.36. The number of fused-ring (bicyclic) bond motifs is 1. The van der Waals surface area contributed by atoms with Crippen molar-refractivity contribution in [1.29, 1.82) is 0 Å². The van der Waals surface area contributed by atoms with Crippen LogP contribution < -0.4 is 10.1 Å². The van der Waals surface area contributed by atoms with Gasteiger partial charge in [-0.05, 0) is 25.7 Å². The molecule has 1 amide bonds. The monoisotopic (exact) mass is 426 g/mol. The second-order valence-electron chi connectivity index (χ2n) is 8.37. The molecule has 4 rings (SSSR count). The molecule has 2 aromatic heterocycles. The molecule has 1 unspecified atom stereocenters. The van der Waals surface area contributed by atoms with E-state index in [0.717, 1.165) is 12.8 Å². The van der Waals surface area contributed by atoms with Crippen molar-refractivity contribution in [2.24, 2.45) is 11.8 Å². The first-order valence-electron chi connectivity index (χ1n) is 10.1. The van der Waals surface area contributed by atoms with Crippen LogP contribution in [0.3, 0.4) is 0 Å². The number of carbonyl (C=O) groups excluding carboxylic acids is 1. The molecule has 0 bridgehead atoms. The van der Waals surface area contributed by atoms with Crippen LogP contribution in [0.25, 0.3) is 11.0 Å². The average Bonchev–Trinajstić information content (AvgIpc) is 3.10. The molecule has 2 atom stereocenters. The molecular formula is C20H25F3N4O3. The summed E-state index contributed by atoms with van der Waals surface area (Å²) in [6.07, 6.45) is 3.98. The van der Waals surface area contributed by atoms with Gasteiger partial charge in [-0.3, -0.25) is 4.79 Å². The third kappa shape index (κ3) is 4.53. The first kappa shape index (κ1) is 20.9. The van der Waals surface area contributed by atoms with Gasteiger partial charge in [0.05, 0.1) is 19.3 Å². The van der Waals surface area contributed by atoms with E-state index in [-0.39, 0.29) is 53.8 Å². The fourth-order valence-electron chi connectivity index (χ4n) is 3.82. The number of halogens is 3. The molecule has 0 aromatic carbocycles. The minimum absolute atomic E-state index is 0.0163. The van der Waals surface area contributed by atoms with Gasteiger partial charge in [0, 0.05) is 38.0 Å². The number of nitrogens with one attached hydrogen (secondary N) is 1. The summed E-state index contributed by atoms with van der Waals surface area (Å²) in [6, 6.07) is -0.0466. The number of carbonyl (C=O) groups is 1. The van der Waals surface area contributed by atoms with Crippen molar-refractivity contribution in [3.63, 3.8) is 0 Å². The van der Waals surface area contributed by atoms with Gasteiger partial charge in [-0.1, -0.05) is 0 Å². The molecule has 2 saturated carbocycles. The van der Waals surface area contributed by atoms with E-state index >= 15 is 0 Å². The molecule has 10 heteroatoms. The molecule has 1 N–H and O–H groups in total. The molecule has 7 nitrogen and oxygen atoms in total. The molecule has 2 aliphatic rings. The van der Waals surface area contributed by atoms with Crippen LogP contribution in [0.4, 0.5) is 13.2 Å². The van der Waals surface area contributed by atoms with E-state index in [4.69, 9.17) is 9.47 Å². The number of alkyl halides is 2. The Morgan fingerprint density at radius 2 is 2.13 bits per heavy atom. The van der Waals surface area contributed by atoms with E-state index < -0.39 is 17.7 Å². The molecule has 2 aliphatic carbocycles. The van der Waals surface area contributed by atoms with Gasteiger partial charge >= 0.3 is 0 Å². The summed E-state index contributed by atoms with van der Waals surface area (Å²) in [5.74, 6) is -3.75. The minimum Gasteiger partial charge on any atom is -0.477 e. The maximum Gasteiger partial charge on any atom is 0.253 e. The molecule has 164 valence electrons. The molecule has 30 heavy (non-hydrogen) atoms. The van der Waals surface area contributed by atoms with Crippen LogP contribution in [0.15, 0.2) is 12.5 Å². The zero-order valence-corrected chi connectivity index (χ0v) is 16.9. The van der Waals surface area contributed by atoms with Crippen molar-refractivity contribution in [3.05, 3.63) is 18.3 Å². The predicted octanol–water partition coefficient (Wildman–Crippen LogP) is 2.92. The van der Waals surface area contributed by atoms with Crippen LogP contribution in [-0.4, -0.2) is 51.7 Å². The normalized spacial score (nSPS) is 25.6. The van der Waals surface area contributed by atoms with Gasteiger partial charge < -0.3 is 19.4 Å². The molecule has 2 aromatic rings. The Bertz CT molecular complexity index is 929. The number of nitrogens with zero attached hydrogens (tertiary/aromatic N) is 3. The molecule has 2 fully saturated rings. The molecule has 0 radical (unpaired) electrons. The molecule has 0 saturated heterocycles. The Balaban J connectivity index is 1.29. The lowest BCUT2D eigenvalue weighted by Gasteiger charge is -2.35. The van der Waals surface area contributed by atoms with E-state index in [2.05, 4.69) is 15.3 Å². The largest absolute Gasteiger partial charge is 0.477 e. The molecule has 0 aliphatic heterocycles. The van der Waals surface area contributed by atoms with E-state index in [0.29, 0.717) is 13.2 Å². The van der Waals surface area contributed by atoms with Gasteiger partial charge in [-0.15, -0.1) is 0 Å². The van der Waals surface area contributed by atoms with Crippen LogP contribution in [0, 0.1) is 17.7 Å². The summed E-state index contributed by atoms with van der Waals surface area (Å²) < 4.78 is 53.8. The number of amides is 1. The zero-order valence-electron chi connectivity index (χ0n) is 16.9. The fourth-order valence-corrected chi connectivity index (χ4v) is 3.82. The Labute approximate surface area is 172 Å². The summed E-state index contributed by atoms with van der Waals surface area (Å²) >= 11 is 0. The lowest BCUT2D eigenvalue weighted by molar-refractivity contribution is -0.120. The summed E-state index contributed by atoms with van der Waals surface area (Å²) in [7, 11) is 0. The van der Waals surface area contributed by atoms with Crippen LogP contribution in [0.2, 0.25) is 0 Å². The van der Waals surface area contributed by atoms with Crippen molar-refractivity contribution in [2.75, 3.05) is 13.2 Å². The van der Waals surface area contributed by atoms with Crippen molar-refractivity contribution in [2.45, 2.75) is 57.7 Å². The van der Waals surface area contributed by atoms with Gasteiger partial charge in [-0.25, -0.2) is 23.1 Å². The summed E-state index contributed by atoms with van der Waals surface area (Å²) in [5.41, 5.74) is 0.266. The van der Waals surface area contributed by atoms with Gasteiger partial charge in [0.15, 0.2) is 5.82 Å². The van der Waals surface area contributed by atoms with Crippen LogP contribution in [0.5, 0.6) is 5.88 Å². The second kappa shape index (κ2) is 8.05. The third-order valence-electron chi connectivity index (χ3n) is 5.63. The van der Waals surface area contributed by atoms with Gasteiger partial charge in [0.25, 0.3) is 5.92 Å². The highest BCUT2D eigenvalue weighted by Crippen LogP contribution is 2.49. The quantitative estimate of drug-likeness (QED) is 0.667. The lowest BCUT2D eigenvalue weighted by atomic mass is 9.83. The molecule has 2 heterocycles. The Morgan fingerprint density at radius 3 is 2.80 bits per heavy atom. The SMILES string of the molecule is CC(=O)N[C@@H](C)COC1CC(COc2ncnc3c2c(F)cn3CC2CC2(F)F)C1. The number of rotatable bonds is 9. The van der Waals surface area contributed by atoms with Crippen LogP contribution >= 0.6 is 0 Å². The smallest absolute Gasteiger partial charge is 0.253 e. The van der Waals surface area contributed by atoms with Crippen molar-refractivity contribution < 1.29 is 27.4 Å². The summed E-state index contributed by atoms with van der Waals surface area (Å²) in [4.78, 5) is 19.1. The first-order chi connectivity index (χ1) is 14.2. The summed E-state index contributed by atoms with van der Waals surface area (Å²) in [6.45, 7) is 4.17. The van der Waals surface area contributed by atoms with Crippen molar-refractivity contribution in [1.82, 2.24) is 19.9 Å². The molecular weight excluding hydrogens is 401 g/mol. The minimum atomic E-state index is -2.68. The maximum atomic E-state index is 14.5. The second-order valence-corrected chi connectivity index (χ2v) is 8.37. The van der Waals surface area contributed by atoms with E-state index in [9.17, 15) is 18.0 Å². The van der Waals surface area contributed by atoms with Crippen LogP contribution in [-0.2, 0) is 16.1 Å². The average molecular weight is 426 g/mol. The topological polar surface area (TPSA) is 78.3 Å². The lowest BCUT2D eigenvalue weighted by Crippen LogP contribution is -2.40. The Kier molecular flexibility index (Phi) is 5.61. The number of aromatic nitrogens is 3. The van der Waals surface area contributed by atoms with E-state index in [1.165, 1.54) is 24.0 Å². The summed E-state index contributed by atoms with van der Waals surface area (Å²) in [5, 5.41) is 2.89. The highest BCUT2D eigenvalue weighted by Gasteiger charge is 2.56. The fraction of sp³-hybridized carbons (Fsp3) is 0.650. The maximum absolute atomic E-state index is 14.5. The standard InChI is InChI=1S/C20H25F3N4O3/c1-11(26-12(2)28)8-29-15-3-13(4-15)9-30-19-17-16(21)7-27(18(17)24-10-25-19)6-14-5-20(14,22)23/h7,10-11,13-15H,3-6,8-9H2,1-2H3,(H,26,28)/t11-,13?,14?,15?/m0/s1. The Morgan fingerprint density at radius 1 is 1.40 bits per heavy atom. The van der Waals surface area contributed by atoms with Gasteiger partial charge in [-0.2, -0.15) is 0 Å².